The monoisotopic (exact) mass is 416 g/mol. The first-order valence-electron chi connectivity index (χ1n) is 5.57. The second kappa shape index (κ2) is 6.06. The van der Waals surface area contributed by atoms with Crippen LogP contribution in [0.1, 0.15) is 0 Å². The first-order valence-corrected chi connectivity index (χ1v) is 11.1. The molecule has 0 bridgehead atoms. The number of rotatable bonds is 4. The Morgan fingerprint density at radius 2 is 1.00 bits per heavy atom. The van der Waals surface area contributed by atoms with Gasteiger partial charge in [0, 0.05) is 0 Å². The summed E-state index contributed by atoms with van der Waals surface area (Å²) in [4.78, 5) is 0. The van der Waals surface area contributed by atoms with Gasteiger partial charge in [0.2, 0.25) is 0 Å². The van der Waals surface area contributed by atoms with Gasteiger partial charge in [-0.1, -0.05) is 0 Å². The molecule has 0 unspecified atom stereocenters. The number of benzene rings is 2. The van der Waals surface area contributed by atoms with Crippen LogP contribution in [0.2, 0.25) is 0 Å². The third kappa shape index (κ3) is 3.46. The summed E-state index contributed by atoms with van der Waals surface area (Å²) in [5, 5.41) is 0. The molecule has 0 aliphatic rings. The molecule has 0 aliphatic carbocycles. The molecule has 0 amide bonds. The van der Waals surface area contributed by atoms with E-state index in [1.54, 1.807) is 14.2 Å². The van der Waals surface area contributed by atoms with Crippen LogP contribution >= 0.6 is 0 Å². The topological polar surface area (TPSA) is 18.5 Å². The van der Waals surface area contributed by atoms with Gasteiger partial charge < -0.3 is 0 Å². The van der Waals surface area contributed by atoms with E-state index in [4.69, 9.17) is 9.47 Å². The van der Waals surface area contributed by atoms with E-state index >= 15 is 0 Å². The maximum absolute atomic E-state index is 5.16. The van der Waals surface area contributed by atoms with Gasteiger partial charge >= 0.3 is 114 Å². The molecule has 84 valence electrons. The molecule has 3 heteroatoms. The number of ether oxygens (including phenoxy) is 2. The number of hydrogen-bond acceptors (Lipinski definition) is 2. The normalized spacial score (nSPS) is 9.53. The van der Waals surface area contributed by atoms with E-state index in [9.17, 15) is 0 Å². The molecule has 2 rings (SSSR count). The summed E-state index contributed by atoms with van der Waals surface area (Å²) >= 11 is -1.18. The van der Waals surface area contributed by atoms with Gasteiger partial charge in [-0.05, 0) is 0 Å². The van der Waals surface area contributed by atoms with E-state index in [0.29, 0.717) is 0 Å². The molecule has 0 radical (unpaired) electrons. The molecule has 0 saturated carbocycles. The van der Waals surface area contributed by atoms with Crippen LogP contribution in [-0.4, -0.2) is 14.2 Å². The van der Waals surface area contributed by atoms with E-state index < -0.39 is 24.6 Å². The minimum atomic E-state index is -1.18. The first-order chi connectivity index (χ1) is 8.31. The second-order valence-electron chi connectivity index (χ2n) is 3.87. The van der Waals surface area contributed by atoms with Crippen LogP contribution in [0.25, 0.3) is 0 Å². The Morgan fingerprint density at radius 3 is 1.29 bits per heavy atom. The van der Waals surface area contributed by atoms with Gasteiger partial charge in [-0.3, -0.25) is 0 Å². The van der Waals surface area contributed by atoms with Crippen molar-refractivity contribution in [3.8, 4) is 11.5 Å². The van der Waals surface area contributed by atoms with E-state index in [-0.39, 0.29) is 0 Å². The first kappa shape index (κ1) is 12.4. The van der Waals surface area contributed by atoms with Crippen molar-refractivity contribution in [2.45, 2.75) is 0 Å². The van der Waals surface area contributed by atoms with Crippen LogP contribution in [0.3, 0.4) is 0 Å². The van der Waals surface area contributed by atoms with Crippen LogP contribution in [-0.2, 0) is 24.6 Å². The number of methoxy groups -OCH3 is 2. The Hall–Kier alpha value is -1.02. The van der Waals surface area contributed by atoms with Gasteiger partial charge in [0.05, 0.1) is 0 Å². The summed E-state index contributed by atoms with van der Waals surface area (Å²) in [5.74, 6) is 1.86. The predicted octanol–water partition coefficient (Wildman–Crippen LogP) is 1.74. The standard InChI is InChI=1S/2C7H7O.Hg/c2*1-8-7-5-3-2-4-6-7;/h2*3-6H,1H3;. The third-order valence-electron chi connectivity index (χ3n) is 2.73. The third-order valence-corrected chi connectivity index (χ3v) is 9.57. The van der Waals surface area contributed by atoms with Crippen molar-refractivity contribution in [2.75, 3.05) is 14.2 Å². The zero-order chi connectivity index (χ0) is 12.1. The molecule has 0 heterocycles. The van der Waals surface area contributed by atoms with Crippen molar-refractivity contribution in [1.82, 2.24) is 0 Å². The summed E-state index contributed by atoms with van der Waals surface area (Å²) in [6.07, 6.45) is 0. The van der Waals surface area contributed by atoms with Crippen LogP contribution in [0, 0.1) is 0 Å². The van der Waals surface area contributed by atoms with Crippen LogP contribution in [0.4, 0.5) is 0 Å². The van der Waals surface area contributed by atoms with Crippen LogP contribution < -0.4 is 15.6 Å². The average Bonchev–Trinajstić information content (AvgIpc) is 2.40. The second-order valence-corrected chi connectivity index (χ2v) is 11.6. The average molecular weight is 415 g/mol. The zero-order valence-corrected chi connectivity index (χ0v) is 15.6. The van der Waals surface area contributed by atoms with Gasteiger partial charge in [0.15, 0.2) is 0 Å². The summed E-state index contributed by atoms with van der Waals surface area (Å²) in [7, 11) is 3.39. The Morgan fingerprint density at radius 1 is 0.647 bits per heavy atom. The van der Waals surface area contributed by atoms with Gasteiger partial charge in [-0.2, -0.15) is 0 Å². The van der Waals surface area contributed by atoms with E-state index in [1.165, 1.54) is 6.14 Å². The SMILES string of the molecule is COc1cc[c]([Hg][c]2ccc(OC)cc2)cc1. The van der Waals surface area contributed by atoms with E-state index in [1.807, 2.05) is 24.3 Å². The zero-order valence-electron chi connectivity index (χ0n) is 10.1. The molecule has 0 saturated heterocycles. The summed E-state index contributed by atoms with van der Waals surface area (Å²) in [6.45, 7) is 0. The van der Waals surface area contributed by atoms with Crippen molar-refractivity contribution in [3.05, 3.63) is 48.5 Å². The van der Waals surface area contributed by atoms with Crippen LogP contribution in [0.5, 0.6) is 11.5 Å². The molecular formula is C14H14HgO2. The molecule has 0 aliphatic heterocycles. The minimum absolute atomic E-state index is 0.928. The molecule has 2 aromatic rings. The van der Waals surface area contributed by atoms with Gasteiger partial charge in [0.1, 0.15) is 0 Å². The van der Waals surface area contributed by atoms with Gasteiger partial charge in [-0.15, -0.1) is 0 Å². The summed E-state index contributed by atoms with van der Waals surface area (Å²) in [6, 6.07) is 16.9. The summed E-state index contributed by atoms with van der Waals surface area (Å²) < 4.78 is 13.3. The Kier molecular flexibility index (Phi) is 4.43. The van der Waals surface area contributed by atoms with Crippen molar-refractivity contribution >= 4 is 6.14 Å². The summed E-state index contributed by atoms with van der Waals surface area (Å²) in [5.41, 5.74) is 0. The molecule has 0 spiro atoms. The quantitative estimate of drug-likeness (QED) is 0.710. The van der Waals surface area contributed by atoms with Crippen molar-refractivity contribution in [2.24, 2.45) is 0 Å². The predicted molar refractivity (Wildman–Crippen MR) is 65.3 cm³/mol. The van der Waals surface area contributed by atoms with Gasteiger partial charge in [0.25, 0.3) is 0 Å². The van der Waals surface area contributed by atoms with Gasteiger partial charge in [-0.25, -0.2) is 0 Å². The van der Waals surface area contributed by atoms with E-state index in [0.717, 1.165) is 11.5 Å². The Balaban J connectivity index is 2.08. The number of hydrogen-bond donors (Lipinski definition) is 0. The maximum atomic E-state index is 5.16. The van der Waals surface area contributed by atoms with Crippen molar-refractivity contribution in [3.63, 3.8) is 0 Å². The fourth-order valence-electron chi connectivity index (χ4n) is 1.72. The Labute approximate surface area is 114 Å². The molecule has 17 heavy (non-hydrogen) atoms. The van der Waals surface area contributed by atoms with E-state index in [2.05, 4.69) is 24.3 Å². The van der Waals surface area contributed by atoms with Crippen molar-refractivity contribution in [1.29, 1.82) is 0 Å². The molecule has 2 nitrogen and oxygen atoms in total. The molecular weight excluding hydrogens is 401 g/mol. The molecule has 0 N–H and O–H groups in total. The van der Waals surface area contributed by atoms with Crippen LogP contribution in [0.15, 0.2) is 48.5 Å². The molecule has 0 aromatic heterocycles. The fraction of sp³-hybridized carbons (Fsp3) is 0.143. The fourth-order valence-corrected chi connectivity index (χ4v) is 7.22. The molecule has 0 atom stereocenters. The molecule has 2 aromatic carbocycles. The molecule has 0 fully saturated rings. The van der Waals surface area contributed by atoms with Crippen molar-refractivity contribution < 1.29 is 34.0 Å². The Bertz CT molecular complexity index is 417.